The zero-order valence-electron chi connectivity index (χ0n) is 9.40. The number of carbonyl (C=O) groups is 1. The van der Waals surface area contributed by atoms with Crippen LogP contribution in [-0.2, 0) is 19.0 Å². The highest BCUT2D eigenvalue weighted by Gasteiger charge is 2.17. The average molecular weight is 217 g/mol. The Labute approximate surface area is 90.3 Å². The molecular formula is C10H19NO4. The number of likely N-dealkylation sites (N-methyl/N-ethyl adjacent to an activating group) is 1. The van der Waals surface area contributed by atoms with Gasteiger partial charge < -0.3 is 14.2 Å². The quantitative estimate of drug-likeness (QED) is 0.618. The molecule has 1 rings (SSSR count). The second kappa shape index (κ2) is 6.76. The van der Waals surface area contributed by atoms with Crippen LogP contribution < -0.4 is 0 Å². The molecule has 0 spiro atoms. The van der Waals surface area contributed by atoms with Crippen LogP contribution in [0.3, 0.4) is 0 Å². The predicted octanol–water partition coefficient (Wildman–Crippen LogP) is 0.244. The number of nitrogens with zero attached hydrogens (tertiary/aromatic N) is 1. The maximum Gasteiger partial charge on any atom is 0.320 e. The minimum Gasteiger partial charge on any atom is -0.465 e. The molecule has 1 saturated heterocycles. The van der Waals surface area contributed by atoms with Crippen molar-refractivity contribution >= 4 is 5.97 Å². The van der Waals surface area contributed by atoms with Crippen molar-refractivity contribution in [2.75, 3.05) is 40.1 Å². The third kappa shape index (κ3) is 5.11. The maximum atomic E-state index is 11.2. The second-order valence-corrected chi connectivity index (χ2v) is 3.61. The smallest absolute Gasteiger partial charge is 0.320 e. The Hall–Kier alpha value is -0.650. The van der Waals surface area contributed by atoms with Crippen LogP contribution in [-0.4, -0.2) is 57.1 Å². The van der Waals surface area contributed by atoms with E-state index in [1.807, 2.05) is 11.9 Å². The van der Waals surface area contributed by atoms with Gasteiger partial charge in [0, 0.05) is 6.54 Å². The van der Waals surface area contributed by atoms with E-state index >= 15 is 0 Å². The summed E-state index contributed by atoms with van der Waals surface area (Å²) < 4.78 is 15.3. The van der Waals surface area contributed by atoms with Crippen molar-refractivity contribution in [3.05, 3.63) is 0 Å². The first-order chi connectivity index (χ1) is 7.22. The summed E-state index contributed by atoms with van der Waals surface area (Å²) in [7, 11) is 1.88. The summed E-state index contributed by atoms with van der Waals surface area (Å²) in [5.74, 6) is -0.188. The Balaban J connectivity index is 2.16. The largest absolute Gasteiger partial charge is 0.465 e. The molecule has 1 atom stereocenters. The molecule has 1 heterocycles. The van der Waals surface area contributed by atoms with E-state index in [9.17, 15) is 4.79 Å². The van der Waals surface area contributed by atoms with Gasteiger partial charge in [0.2, 0.25) is 0 Å². The highest BCUT2D eigenvalue weighted by molar-refractivity contribution is 5.71. The van der Waals surface area contributed by atoms with E-state index in [0.29, 0.717) is 19.9 Å². The topological polar surface area (TPSA) is 48.0 Å². The highest BCUT2D eigenvalue weighted by Crippen LogP contribution is 2.07. The van der Waals surface area contributed by atoms with E-state index in [1.54, 1.807) is 6.92 Å². The summed E-state index contributed by atoms with van der Waals surface area (Å²) in [5.41, 5.74) is 0. The van der Waals surface area contributed by atoms with E-state index in [2.05, 4.69) is 0 Å². The van der Waals surface area contributed by atoms with Crippen molar-refractivity contribution in [2.24, 2.45) is 0 Å². The van der Waals surface area contributed by atoms with E-state index in [0.717, 1.165) is 19.6 Å². The zero-order valence-corrected chi connectivity index (χ0v) is 9.40. The number of esters is 1. The van der Waals surface area contributed by atoms with Crippen molar-refractivity contribution in [1.82, 2.24) is 4.90 Å². The molecule has 0 saturated carbocycles. The van der Waals surface area contributed by atoms with Crippen LogP contribution in [0.4, 0.5) is 0 Å². The fraction of sp³-hybridized carbons (Fsp3) is 0.900. The molecule has 0 bridgehead atoms. The van der Waals surface area contributed by atoms with Gasteiger partial charge in [0.05, 0.1) is 25.9 Å². The van der Waals surface area contributed by atoms with E-state index < -0.39 is 0 Å². The first-order valence-electron chi connectivity index (χ1n) is 5.26. The molecule has 1 aliphatic heterocycles. The molecular weight excluding hydrogens is 198 g/mol. The number of hydrogen-bond donors (Lipinski definition) is 0. The van der Waals surface area contributed by atoms with Crippen LogP contribution in [0.1, 0.15) is 13.3 Å². The van der Waals surface area contributed by atoms with Gasteiger partial charge in [-0.15, -0.1) is 0 Å². The lowest BCUT2D eigenvalue weighted by Crippen LogP contribution is -2.38. The Kier molecular flexibility index (Phi) is 5.60. The van der Waals surface area contributed by atoms with Crippen LogP contribution in [0.15, 0.2) is 0 Å². The van der Waals surface area contributed by atoms with Gasteiger partial charge in [-0.1, -0.05) is 0 Å². The molecule has 5 nitrogen and oxygen atoms in total. The third-order valence-corrected chi connectivity index (χ3v) is 2.19. The molecule has 0 aromatic carbocycles. The fourth-order valence-electron chi connectivity index (χ4n) is 1.48. The van der Waals surface area contributed by atoms with Crippen LogP contribution in [0.2, 0.25) is 0 Å². The molecule has 0 radical (unpaired) electrons. The van der Waals surface area contributed by atoms with Crippen LogP contribution in [0.25, 0.3) is 0 Å². The van der Waals surface area contributed by atoms with Crippen LogP contribution >= 0.6 is 0 Å². The van der Waals surface area contributed by atoms with Crippen molar-refractivity contribution in [1.29, 1.82) is 0 Å². The van der Waals surface area contributed by atoms with Crippen LogP contribution in [0.5, 0.6) is 0 Å². The van der Waals surface area contributed by atoms with Crippen molar-refractivity contribution < 1.29 is 19.0 Å². The van der Waals surface area contributed by atoms with E-state index in [4.69, 9.17) is 14.2 Å². The van der Waals surface area contributed by atoms with Gasteiger partial charge in [-0.25, -0.2) is 0 Å². The molecule has 1 fully saturated rings. The molecule has 0 amide bonds. The molecule has 0 aromatic heterocycles. The summed E-state index contributed by atoms with van der Waals surface area (Å²) in [6.45, 7) is 4.38. The lowest BCUT2D eigenvalue weighted by atomic mass is 10.2. The van der Waals surface area contributed by atoms with Crippen LogP contribution in [0, 0.1) is 0 Å². The van der Waals surface area contributed by atoms with Crippen molar-refractivity contribution in [3.63, 3.8) is 0 Å². The monoisotopic (exact) mass is 217 g/mol. The Morgan fingerprint density at radius 2 is 2.40 bits per heavy atom. The Morgan fingerprint density at radius 3 is 3.00 bits per heavy atom. The molecule has 88 valence electrons. The van der Waals surface area contributed by atoms with Crippen molar-refractivity contribution in [2.45, 2.75) is 19.4 Å². The first kappa shape index (κ1) is 12.4. The lowest BCUT2D eigenvalue weighted by molar-refractivity contribution is -0.150. The molecule has 0 aromatic rings. The lowest BCUT2D eigenvalue weighted by Gasteiger charge is -2.26. The van der Waals surface area contributed by atoms with Gasteiger partial charge in [-0.05, 0) is 20.4 Å². The minimum absolute atomic E-state index is 0.165. The number of ether oxygens (including phenoxy) is 3. The van der Waals surface area contributed by atoms with Gasteiger partial charge >= 0.3 is 5.97 Å². The van der Waals surface area contributed by atoms with Crippen molar-refractivity contribution in [3.8, 4) is 0 Å². The van der Waals surface area contributed by atoms with E-state index in [-0.39, 0.29) is 12.1 Å². The SMILES string of the molecule is CCOC(=O)CN(C)CC1CCOCO1. The van der Waals surface area contributed by atoms with E-state index in [1.165, 1.54) is 0 Å². The summed E-state index contributed by atoms with van der Waals surface area (Å²) in [4.78, 5) is 13.1. The number of hydrogen-bond acceptors (Lipinski definition) is 5. The normalized spacial score (nSPS) is 21.7. The zero-order chi connectivity index (χ0) is 11.1. The standard InChI is InChI=1S/C10H19NO4/c1-3-14-10(12)7-11(2)6-9-4-5-13-8-15-9/h9H,3-8H2,1-2H3. The first-order valence-corrected chi connectivity index (χ1v) is 5.26. The van der Waals surface area contributed by atoms with Gasteiger partial charge in [0.1, 0.15) is 6.79 Å². The molecule has 5 heteroatoms. The second-order valence-electron chi connectivity index (χ2n) is 3.61. The molecule has 1 aliphatic rings. The van der Waals surface area contributed by atoms with Gasteiger partial charge in [0.25, 0.3) is 0 Å². The minimum atomic E-state index is -0.188. The number of carbonyl (C=O) groups excluding carboxylic acids is 1. The molecule has 1 unspecified atom stereocenters. The Morgan fingerprint density at radius 1 is 1.60 bits per heavy atom. The summed E-state index contributed by atoms with van der Waals surface area (Å²) in [5, 5.41) is 0. The van der Waals surface area contributed by atoms with Gasteiger partial charge in [-0.3, -0.25) is 9.69 Å². The highest BCUT2D eigenvalue weighted by atomic mass is 16.7. The summed E-state index contributed by atoms with van der Waals surface area (Å²) in [6.07, 6.45) is 1.05. The fourth-order valence-corrected chi connectivity index (χ4v) is 1.48. The predicted molar refractivity (Wildman–Crippen MR) is 54.4 cm³/mol. The molecule has 0 aliphatic carbocycles. The Bertz CT molecular complexity index is 192. The average Bonchev–Trinajstić information content (AvgIpc) is 2.19. The van der Waals surface area contributed by atoms with Gasteiger partial charge in [0.15, 0.2) is 0 Å². The maximum absolute atomic E-state index is 11.2. The molecule has 15 heavy (non-hydrogen) atoms. The third-order valence-electron chi connectivity index (χ3n) is 2.19. The number of rotatable bonds is 5. The summed E-state index contributed by atoms with van der Waals surface area (Å²) >= 11 is 0. The molecule has 0 N–H and O–H groups in total. The summed E-state index contributed by atoms with van der Waals surface area (Å²) in [6, 6.07) is 0. The van der Waals surface area contributed by atoms with Gasteiger partial charge in [-0.2, -0.15) is 0 Å².